The van der Waals surface area contributed by atoms with Crippen molar-refractivity contribution in [3.05, 3.63) is 59.7 Å². The van der Waals surface area contributed by atoms with Crippen molar-refractivity contribution in [3.8, 4) is 11.5 Å². The van der Waals surface area contributed by atoms with Crippen molar-refractivity contribution in [3.63, 3.8) is 0 Å². The van der Waals surface area contributed by atoms with E-state index in [0.29, 0.717) is 18.7 Å². The van der Waals surface area contributed by atoms with Crippen LogP contribution in [-0.4, -0.2) is 70.0 Å². The third-order valence-corrected chi connectivity index (χ3v) is 5.94. The van der Waals surface area contributed by atoms with E-state index in [9.17, 15) is 24.6 Å². The van der Waals surface area contributed by atoms with Crippen molar-refractivity contribution >= 4 is 17.7 Å². The number of benzene rings is 2. The molecule has 182 valence electrons. The molecular formula is C25H32N4O5. The third-order valence-electron chi connectivity index (χ3n) is 5.94. The van der Waals surface area contributed by atoms with E-state index in [2.05, 4.69) is 22.3 Å². The average molecular weight is 469 g/mol. The van der Waals surface area contributed by atoms with Crippen LogP contribution in [-0.2, 0) is 27.3 Å². The summed E-state index contributed by atoms with van der Waals surface area (Å²) in [4.78, 5) is 41.0. The fourth-order valence-corrected chi connectivity index (χ4v) is 4.01. The number of aryl methyl sites for hydroxylation is 1. The number of nitrogens with two attached hydrogens (primary N) is 1. The number of aromatic hydroxyl groups is 2. The molecule has 0 aromatic heterocycles. The van der Waals surface area contributed by atoms with Crippen LogP contribution in [0.2, 0.25) is 0 Å². The Labute approximate surface area is 199 Å². The lowest BCUT2D eigenvalue weighted by atomic mass is 10.1. The first-order chi connectivity index (χ1) is 16.3. The van der Waals surface area contributed by atoms with Crippen molar-refractivity contribution in [2.45, 2.75) is 38.3 Å². The maximum absolute atomic E-state index is 13.1. The standard InChI is InChI=1S/C25H32N4O5/c26-23(32)10-9-21(27-24(33)11-7-19-6-8-20(30)16-22(19)31)25(34)29-14-12-28(13-15-29)17-18-4-2-1-3-5-18/h1-6,8,16,21,30-31H,7,9-15,17H2,(H2,26,32)(H,27,33)/t21-/m0/s1. The zero-order valence-corrected chi connectivity index (χ0v) is 19.2. The van der Waals surface area contributed by atoms with Crippen molar-refractivity contribution in [1.29, 1.82) is 0 Å². The van der Waals surface area contributed by atoms with Crippen LogP contribution in [0, 0.1) is 0 Å². The lowest BCUT2D eigenvalue weighted by Gasteiger charge is -2.36. The highest BCUT2D eigenvalue weighted by Crippen LogP contribution is 2.23. The monoisotopic (exact) mass is 468 g/mol. The number of amides is 3. The summed E-state index contributed by atoms with van der Waals surface area (Å²) in [5.74, 6) is -1.28. The predicted octanol–water partition coefficient (Wildman–Crippen LogP) is 1.13. The molecule has 1 atom stereocenters. The van der Waals surface area contributed by atoms with Crippen LogP contribution in [0.3, 0.4) is 0 Å². The van der Waals surface area contributed by atoms with Gasteiger partial charge >= 0.3 is 0 Å². The molecule has 9 nitrogen and oxygen atoms in total. The smallest absolute Gasteiger partial charge is 0.245 e. The Morgan fingerprint density at radius 2 is 1.68 bits per heavy atom. The second-order valence-electron chi connectivity index (χ2n) is 8.53. The first-order valence-electron chi connectivity index (χ1n) is 11.5. The van der Waals surface area contributed by atoms with Crippen LogP contribution in [0.5, 0.6) is 11.5 Å². The lowest BCUT2D eigenvalue weighted by molar-refractivity contribution is -0.138. The number of nitrogens with zero attached hydrogens (tertiary/aromatic N) is 2. The second-order valence-corrected chi connectivity index (χ2v) is 8.53. The van der Waals surface area contributed by atoms with Gasteiger partial charge in [-0.05, 0) is 30.0 Å². The van der Waals surface area contributed by atoms with Crippen molar-refractivity contribution in [2.75, 3.05) is 26.2 Å². The lowest BCUT2D eigenvalue weighted by Crippen LogP contribution is -2.55. The van der Waals surface area contributed by atoms with Crippen LogP contribution < -0.4 is 11.1 Å². The highest BCUT2D eigenvalue weighted by molar-refractivity contribution is 5.88. The molecule has 2 aromatic carbocycles. The van der Waals surface area contributed by atoms with Gasteiger partial charge in [-0.15, -0.1) is 0 Å². The number of phenols is 2. The number of carbonyl (C=O) groups excluding carboxylic acids is 3. The van der Waals surface area contributed by atoms with E-state index in [1.165, 1.54) is 17.7 Å². The number of primary amides is 1. The van der Waals surface area contributed by atoms with Crippen molar-refractivity contribution in [1.82, 2.24) is 15.1 Å². The van der Waals surface area contributed by atoms with Gasteiger partial charge in [-0.25, -0.2) is 0 Å². The summed E-state index contributed by atoms with van der Waals surface area (Å²) >= 11 is 0. The first-order valence-corrected chi connectivity index (χ1v) is 11.5. The molecule has 34 heavy (non-hydrogen) atoms. The molecule has 3 rings (SSSR count). The number of piperazine rings is 1. The Bertz CT molecular complexity index is 990. The van der Waals surface area contributed by atoms with E-state index in [1.54, 1.807) is 11.0 Å². The fourth-order valence-electron chi connectivity index (χ4n) is 4.01. The Morgan fingerprint density at radius 3 is 2.32 bits per heavy atom. The van der Waals surface area contributed by atoms with Crippen LogP contribution in [0.25, 0.3) is 0 Å². The molecule has 2 aromatic rings. The minimum Gasteiger partial charge on any atom is -0.508 e. The molecule has 0 radical (unpaired) electrons. The largest absolute Gasteiger partial charge is 0.508 e. The topological polar surface area (TPSA) is 136 Å². The summed E-state index contributed by atoms with van der Waals surface area (Å²) < 4.78 is 0. The highest BCUT2D eigenvalue weighted by atomic mass is 16.3. The highest BCUT2D eigenvalue weighted by Gasteiger charge is 2.29. The number of nitrogens with one attached hydrogen (secondary N) is 1. The van der Waals surface area contributed by atoms with Gasteiger partial charge in [0.15, 0.2) is 0 Å². The van der Waals surface area contributed by atoms with Crippen molar-refractivity contribution < 1.29 is 24.6 Å². The normalized spacial score (nSPS) is 15.0. The van der Waals surface area contributed by atoms with E-state index in [1.807, 2.05) is 18.2 Å². The molecule has 1 aliphatic rings. The van der Waals surface area contributed by atoms with Gasteiger partial charge in [-0.1, -0.05) is 36.4 Å². The molecule has 3 amide bonds. The average Bonchev–Trinajstić information content (AvgIpc) is 2.82. The first kappa shape index (κ1) is 25.0. The predicted molar refractivity (Wildman–Crippen MR) is 127 cm³/mol. The molecular weight excluding hydrogens is 436 g/mol. The molecule has 0 saturated carbocycles. The van der Waals surface area contributed by atoms with Gasteiger partial charge in [0.05, 0.1) is 0 Å². The maximum Gasteiger partial charge on any atom is 0.245 e. The molecule has 0 spiro atoms. The fraction of sp³-hybridized carbons (Fsp3) is 0.400. The minimum absolute atomic E-state index is 0.0105. The van der Waals surface area contributed by atoms with E-state index >= 15 is 0 Å². The number of carbonyl (C=O) groups is 3. The molecule has 1 saturated heterocycles. The molecule has 1 aliphatic heterocycles. The second kappa shape index (κ2) is 12.0. The van der Waals surface area contributed by atoms with Gasteiger partial charge in [0.1, 0.15) is 17.5 Å². The summed E-state index contributed by atoms with van der Waals surface area (Å²) in [6.45, 7) is 3.33. The molecule has 0 aliphatic carbocycles. The van der Waals surface area contributed by atoms with E-state index in [-0.39, 0.29) is 49.0 Å². The van der Waals surface area contributed by atoms with Gasteiger partial charge in [0.2, 0.25) is 17.7 Å². The van der Waals surface area contributed by atoms with Crippen LogP contribution in [0.4, 0.5) is 0 Å². The number of phenolic OH excluding ortho intramolecular Hbond substituents is 2. The quantitative estimate of drug-likeness (QED) is 0.413. The molecule has 1 heterocycles. The Kier molecular flexibility index (Phi) is 8.86. The SMILES string of the molecule is NC(=O)CC[C@H](NC(=O)CCc1ccc(O)cc1O)C(=O)N1CCN(Cc2ccccc2)CC1. The van der Waals surface area contributed by atoms with E-state index in [4.69, 9.17) is 5.73 Å². The van der Waals surface area contributed by atoms with Crippen LogP contribution in [0.15, 0.2) is 48.5 Å². The number of rotatable bonds is 10. The summed E-state index contributed by atoms with van der Waals surface area (Å²) in [5, 5.41) is 22.0. The Morgan fingerprint density at radius 1 is 0.971 bits per heavy atom. The zero-order chi connectivity index (χ0) is 24.5. The van der Waals surface area contributed by atoms with Gasteiger partial charge in [0.25, 0.3) is 0 Å². The summed E-state index contributed by atoms with van der Waals surface area (Å²) in [7, 11) is 0. The zero-order valence-electron chi connectivity index (χ0n) is 19.2. The maximum atomic E-state index is 13.1. The van der Waals surface area contributed by atoms with Crippen molar-refractivity contribution in [2.24, 2.45) is 5.73 Å². The number of hydrogen-bond donors (Lipinski definition) is 4. The molecule has 9 heteroatoms. The van der Waals surface area contributed by atoms with Gasteiger partial charge in [-0.2, -0.15) is 0 Å². The van der Waals surface area contributed by atoms with Gasteiger partial charge < -0.3 is 26.2 Å². The Balaban J connectivity index is 1.54. The number of hydrogen-bond acceptors (Lipinski definition) is 6. The van der Waals surface area contributed by atoms with Gasteiger partial charge in [0, 0.05) is 51.6 Å². The molecule has 5 N–H and O–H groups in total. The molecule has 0 bridgehead atoms. The van der Waals surface area contributed by atoms with E-state index in [0.717, 1.165) is 19.6 Å². The van der Waals surface area contributed by atoms with E-state index < -0.39 is 11.9 Å². The summed E-state index contributed by atoms with van der Waals surface area (Å²) in [6.07, 6.45) is 0.411. The van der Waals surface area contributed by atoms with Crippen LogP contribution in [0.1, 0.15) is 30.4 Å². The van der Waals surface area contributed by atoms with Gasteiger partial charge in [-0.3, -0.25) is 19.3 Å². The summed E-state index contributed by atoms with van der Waals surface area (Å²) in [5.41, 5.74) is 7.01. The molecule has 0 unspecified atom stereocenters. The summed E-state index contributed by atoms with van der Waals surface area (Å²) in [6, 6.07) is 13.5. The minimum atomic E-state index is -0.839. The molecule has 1 fully saturated rings. The Hall–Kier alpha value is -3.59. The van der Waals surface area contributed by atoms with Crippen LogP contribution >= 0.6 is 0 Å². The third kappa shape index (κ3) is 7.48.